The minimum atomic E-state index is -0.512. The summed E-state index contributed by atoms with van der Waals surface area (Å²) in [5.74, 6) is -0.363. The highest BCUT2D eigenvalue weighted by atomic mass is 16.2. The van der Waals surface area contributed by atoms with Gasteiger partial charge in [-0.2, -0.15) is 0 Å². The van der Waals surface area contributed by atoms with E-state index in [-0.39, 0.29) is 11.9 Å². The molecule has 0 aromatic carbocycles. The second-order valence-electron chi connectivity index (χ2n) is 6.36. The summed E-state index contributed by atoms with van der Waals surface area (Å²) in [6, 6.07) is -0.325. The Hall–Kier alpha value is -1.39. The van der Waals surface area contributed by atoms with E-state index in [1.165, 1.54) is 12.8 Å². The summed E-state index contributed by atoms with van der Waals surface area (Å²) in [6.45, 7) is 0.659. The molecule has 3 rings (SSSR count). The number of ketones is 1. The topological polar surface area (TPSA) is 66.5 Å². The van der Waals surface area contributed by atoms with Gasteiger partial charge in [0.2, 0.25) is 11.7 Å². The van der Waals surface area contributed by atoms with Gasteiger partial charge in [0.1, 0.15) is 6.04 Å². The molecular formula is C15H22N2O3. The molecule has 1 heterocycles. The van der Waals surface area contributed by atoms with Crippen molar-refractivity contribution in [1.29, 1.82) is 0 Å². The van der Waals surface area contributed by atoms with Crippen LogP contribution in [0.2, 0.25) is 0 Å². The smallest absolute Gasteiger partial charge is 0.289 e. The molecule has 3 aliphatic rings. The van der Waals surface area contributed by atoms with E-state index in [1.807, 2.05) is 0 Å². The maximum absolute atomic E-state index is 12.2. The zero-order valence-corrected chi connectivity index (χ0v) is 11.8. The Labute approximate surface area is 119 Å². The van der Waals surface area contributed by atoms with E-state index >= 15 is 0 Å². The van der Waals surface area contributed by atoms with Crippen LogP contribution in [0.4, 0.5) is 0 Å². The largest absolute Gasteiger partial charge is 0.347 e. The zero-order chi connectivity index (χ0) is 14.1. The number of carbonyl (C=O) groups excluding carboxylic acids is 3. The van der Waals surface area contributed by atoms with E-state index < -0.39 is 17.7 Å². The van der Waals surface area contributed by atoms with Crippen molar-refractivity contribution in [2.45, 2.75) is 63.5 Å². The Bertz CT molecular complexity index is 425. The summed E-state index contributed by atoms with van der Waals surface area (Å²) >= 11 is 0. The van der Waals surface area contributed by atoms with Crippen LogP contribution in [-0.2, 0) is 14.4 Å². The van der Waals surface area contributed by atoms with Gasteiger partial charge in [-0.3, -0.25) is 14.4 Å². The first-order chi connectivity index (χ1) is 9.65. The van der Waals surface area contributed by atoms with Gasteiger partial charge in [-0.25, -0.2) is 0 Å². The van der Waals surface area contributed by atoms with Crippen LogP contribution in [-0.4, -0.2) is 41.1 Å². The van der Waals surface area contributed by atoms with Crippen LogP contribution in [0, 0.1) is 5.92 Å². The molecule has 20 heavy (non-hydrogen) atoms. The molecule has 1 aliphatic heterocycles. The first-order valence-corrected chi connectivity index (χ1v) is 7.79. The van der Waals surface area contributed by atoms with Crippen LogP contribution in [0.1, 0.15) is 51.4 Å². The Balaban J connectivity index is 1.61. The Kier molecular flexibility index (Phi) is 3.76. The minimum absolute atomic E-state index is 0.0365. The molecular weight excluding hydrogens is 256 g/mol. The highest BCUT2D eigenvalue weighted by molar-refractivity contribution is 6.38. The van der Waals surface area contributed by atoms with E-state index in [1.54, 1.807) is 4.90 Å². The normalized spacial score (nSPS) is 27.1. The van der Waals surface area contributed by atoms with Crippen molar-refractivity contribution in [2.24, 2.45) is 5.92 Å². The number of likely N-dealkylation sites (tertiary alicyclic amines) is 1. The Morgan fingerprint density at radius 3 is 2.45 bits per heavy atom. The number of nitrogens with zero attached hydrogens (tertiary/aromatic N) is 1. The molecule has 5 heteroatoms. The number of hydrogen-bond donors (Lipinski definition) is 1. The van der Waals surface area contributed by atoms with Gasteiger partial charge in [0.05, 0.1) is 0 Å². The molecule has 110 valence electrons. The van der Waals surface area contributed by atoms with Crippen molar-refractivity contribution >= 4 is 17.6 Å². The number of nitrogens with one attached hydrogen (secondary N) is 1. The molecule has 1 N–H and O–H groups in total. The van der Waals surface area contributed by atoms with Gasteiger partial charge >= 0.3 is 0 Å². The molecule has 0 spiro atoms. The number of Topliss-reactive ketones (excluding diaryl/α,β-unsaturated/α-hetero) is 1. The third-order valence-electron chi connectivity index (χ3n) is 4.70. The summed E-state index contributed by atoms with van der Waals surface area (Å²) in [5, 5.41) is 2.73. The summed E-state index contributed by atoms with van der Waals surface area (Å²) < 4.78 is 0. The fourth-order valence-electron chi connectivity index (χ4n) is 3.34. The molecule has 0 bridgehead atoms. The molecule has 0 aromatic heterocycles. The summed E-state index contributed by atoms with van der Waals surface area (Å²) in [5.41, 5.74) is 0. The quantitative estimate of drug-likeness (QED) is 0.763. The van der Waals surface area contributed by atoms with Gasteiger partial charge in [0, 0.05) is 19.0 Å². The molecule has 2 amide bonds. The number of rotatable bonds is 5. The van der Waals surface area contributed by atoms with Crippen molar-refractivity contribution in [3.63, 3.8) is 0 Å². The van der Waals surface area contributed by atoms with E-state index in [0.717, 1.165) is 25.7 Å². The van der Waals surface area contributed by atoms with Crippen LogP contribution in [0.25, 0.3) is 0 Å². The summed E-state index contributed by atoms with van der Waals surface area (Å²) in [6.07, 6.45) is 7.55. The lowest BCUT2D eigenvalue weighted by Crippen LogP contribution is -2.47. The molecule has 1 unspecified atom stereocenters. The molecule has 1 saturated heterocycles. The Morgan fingerprint density at radius 1 is 1.10 bits per heavy atom. The summed E-state index contributed by atoms with van der Waals surface area (Å²) in [7, 11) is 0. The molecule has 0 aromatic rings. The second kappa shape index (κ2) is 5.54. The van der Waals surface area contributed by atoms with Crippen LogP contribution < -0.4 is 5.32 Å². The van der Waals surface area contributed by atoms with Crippen molar-refractivity contribution in [3.05, 3.63) is 0 Å². The van der Waals surface area contributed by atoms with Crippen molar-refractivity contribution in [3.8, 4) is 0 Å². The third-order valence-corrected chi connectivity index (χ3v) is 4.70. The Morgan fingerprint density at radius 2 is 1.80 bits per heavy atom. The predicted molar refractivity (Wildman–Crippen MR) is 72.9 cm³/mol. The SMILES string of the molecule is O=C(NC1CC1)C(=O)C1CCC(=O)N1CC1CCCC1. The van der Waals surface area contributed by atoms with E-state index in [4.69, 9.17) is 0 Å². The van der Waals surface area contributed by atoms with E-state index in [0.29, 0.717) is 25.3 Å². The highest BCUT2D eigenvalue weighted by Crippen LogP contribution is 2.29. The van der Waals surface area contributed by atoms with Crippen molar-refractivity contribution in [2.75, 3.05) is 6.54 Å². The van der Waals surface area contributed by atoms with Crippen molar-refractivity contribution in [1.82, 2.24) is 10.2 Å². The van der Waals surface area contributed by atoms with Crippen LogP contribution in [0.5, 0.6) is 0 Å². The van der Waals surface area contributed by atoms with Gasteiger partial charge in [0.15, 0.2) is 0 Å². The van der Waals surface area contributed by atoms with Gasteiger partial charge in [-0.05, 0) is 38.0 Å². The average molecular weight is 278 g/mol. The van der Waals surface area contributed by atoms with Crippen LogP contribution in [0.3, 0.4) is 0 Å². The fourth-order valence-corrected chi connectivity index (χ4v) is 3.34. The molecule has 3 fully saturated rings. The second-order valence-corrected chi connectivity index (χ2v) is 6.36. The first-order valence-electron chi connectivity index (χ1n) is 7.79. The molecule has 1 atom stereocenters. The highest BCUT2D eigenvalue weighted by Gasteiger charge is 2.40. The first kappa shape index (κ1) is 13.6. The van der Waals surface area contributed by atoms with E-state index in [2.05, 4.69) is 5.32 Å². The average Bonchev–Trinajstić information content (AvgIpc) is 2.96. The zero-order valence-electron chi connectivity index (χ0n) is 11.8. The number of carbonyl (C=O) groups is 3. The van der Waals surface area contributed by atoms with Gasteiger partial charge in [-0.1, -0.05) is 12.8 Å². The monoisotopic (exact) mass is 278 g/mol. The molecule has 2 aliphatic carbocycles. The minimum Gasteiger partial charge on any atom is -0.347 e. The lowest BCUT2D eigenvalue weighted by Gasteiger charge is -2.26. The molecule has 5 nitrogen and oxygen atoms in total. The van der Waals surface area contributed by atoms with Gasteiger partial charge in [-0.15, -0.1) is 0 Å². The predicted octanol–water partition coefficient (Wildman–Crippen LogP) is 1.02. The van der Waals surface area contributed by atoms with Crippen molar-refractivity contribution < 1.29 is 14.4 Å². The third kappa shape index (κ3) is 2.86. The summed E-state index contributed by atoms with van der Waals surface area (Å²) in [4.78, 5) is 37.8. The van der Waals surface area contributed by atoms with E-state index in [9.17, 15) is 14.4 Å². The molecule has 0 radical (unpaired) electrons. The lowest BCUT2D eigenvalue weighted by molar-refractivity contribution is -0.143. The van der Waals surface area contributed by atoms with Crippen LogP contribution >= 0.6 is 0 Å². The number of amides is 2. The van der Waals surface area contributed by atoms with Crippen LogP contribution in [0.15, 0.2) is 0 Å². The fraction of sp³-hybridized carbons (Fsp3) is 0.800. The molecule has 2 saturated carbocycles. The van der Waals surface area contributed by atoms with Gasteiger partial charge in [0.25, 0.3) is 5.91 Å². The standard InChI is InChI=1S/C15H22N2O3/c18-13-8-7-12(14(19)15(20)16-11-5-6-11)17(13)9-10-3-1-2-4-10/h10-12H,1-9H2,(H,16,20). The van der Waals surface area contributed by atoms with Gasteiger partial charge < -0.3 is 10.2 Å². The number of hydrogen-bond acceptors (Lipinski definition) is 3. The maximum Gasteiger partial charge on any atom is 0.289 e. The maximum atomic E-state index is 12.2. The lowest BCUT2D eigenvalue weighted by atomic mass is 10.1.